The van der Waals surface area contributed by atoms with Gasteiger partial charge in [0, 0.05) is 28.8 Å². The number of carbonyl (C=O) groups is 1. The zero-order valence-electron chi connectivity index (χ0n) is 16.2. The van der Waals surface area contributed by atoms with Crippen molar-refractivity contribution in [2.24, 2.45) is 11.7 Å². The molecule has 0 aliphatic heterocycles. The van der Waals surface area contributed by atoms with Crippen LogP contribution >= 0.6 is 11.8 Å². The van der Waals surface area contributed by atoms with Gasteiger partial charge in [-0.3, -0.25) is 4.79 Å². The van der Waals surface area contributed by atoms with E-state index in [4.69, 9.17) is 10.3 Å². The van der Waals surface area contributed by atoms with Gasteiger partial charge in [0.05, 0.1) is 11.3 Å². The van der Waals surface area contributed by atoms with Gasteiger partial charge in [-0.1, -0.05) is 36.6 Å². The highest BCUT2D eigenvalue weighted by Crippen LogP contribution is 2.30. The van der Waals surface area contributed by atoms with Crippen LogP contribution in [0.2, 0.25) is 0 Å². The minimum absolute atomic E-state index is 0.0297. The second-order valence-electron chi connectivity index (χ2n) is 7.30. The number of hydrogen-bond donors (Lipinski definition) is 2. The smallest absolute Gasteiger partial charge is 0.252 e. The second-order valence-corrected chi connectivity index (χ2v) is 8.32. The molecule has 1 atom stereocenters. The predicted molar refractivity (Wildman–Crippen MR) is 109 cm³/mol. The molecule has 1 aliphatic carbocycles. The lowest BCUT2D eigenvalue weighted by Crippen LogP contribution is -2.46. The number of aromatic nitrogens is 1. The fraction of sp³-hybridized carbons (Fsp3) is 0.524. The van der Waals surface area contributed by atoms with Crippen LogP contribution < -0.4 is 11.1 Å². The number of hydrogen-bond acceptors (Lipinski definition) is 5. The summed E-state index contributed by atoms with van der Waals surface area (Å²) in [5.41, 5.74) is 8.70. The van der Waals surface area contributed by atoms with Crippen LogP contribution in [0.5, 0.6) is 0 Å². The van der Waals surface area contributed by atoms with Crippen molar-refractivity contribution in [3.63, 3.8) is 0 Å². The molecule has 1 amide bonds. The first kappa shape index (κ1) is 20.0. The molecule has 3 rings (SSSR count). The van der Waals surface area contributed by atoms with Crippen molar-refractivity contribution in [2.75, 3.05) is 6.54 Å². The molecule has 1 heterocycles. The molecule has 0 saturated heterocycles. The fourth-order valence-corrected chi connectivity index (χ4v) is 4.99. The van der Waals surface area contributed by atoms with E-state index in [1.807, 2.05) is 38.1 Å². The van der Waals surface area contributed by atoms with Crippen LogP contribution in [0.3, 0.4) is 0 Å². The van der Waals surface area contributed by atoms with Crippen LogP contribution in [-0.4, -0.2) is 23.7 Å². The molecule has 146 valence electrons. The molecule has 0 bridgehead atoms. The molecule has 1 aromatic heterocycles. The predicted octanol–water partition coefficient (Wildman–Crippen LogP) is 4.22. The van der Waals surface area contributed by atoms with Gasteiger partial charge < -0.3 is 15.6 Å². The minimum atomic E-state index is -0.0297. The van der Waals surface area contributed by atoms with Crippen LogP contribution in [0.4, 0.5) is 0 Å². The van der Waals surface area contributed by atoms with E-state index in [1.54, 1.807) is 11.8 Å². The molecule has 1 aromatic carbocycles. The molecule has 1 aliphatic rings. The Morgan fingerprint density at radius 2 is 2.04 bits per heavy atom. The third-order valence-corrected chi connectivity index (χ3v) is 6.57. The number of nitrogens with zero attached hydrogens (tertiary/aromatic N) is 1. The van der Waals surface area contributed by atoms with E-state index in [-0.39, 0.29) is 11.9 Å². The van der Waals surface area contributed by atoms with Crippen LogP contribution in [0.15, 0.2) is 33.7 Å². The van der Waals surface area contributed by atoms with Gasteiger partial charge in [-0.25, -0.2) is 0 Å². The molecular formula is C21H29N3O2S. The van der Waals surface area contributed by atoms with Crippen LogP contribution in [0, 0.1) is 19.8 Å². The summed E-state index contributed by atoms with van der Waals surface area (Å²) in [6.45, 7) is 4.36. The first-order valence-corrected chi connectivity index (χ1v) is 10.7. The average molecular weight is 388 g/mol. The van der Waals surface area contributed by atoms with E-state index in [9.17, 15) is 4.79 Å². The van der Waals surface area contributed by atoms with Gasteiger partial charge in [0.2, 0.25) is 0 Å². The summed E-state index contributed by atoms with van der Waals surface area (Å²) in [7, 11) is 0. The molecule has 1 saturated carbocycles. The quantitative estimate of drug-likeness (QED) is 0.695. The molecule has 1 unspecified atom stereocenters. The topological polar surface area (TPSA) is 81.2 Å². The monoisotopic (exact) mass is 387 g/mol. The standard InChI is InChI=1S/C21H29N3O2S/c1-14-18(15(2)26-24-14)13-27-20-11-7-6-10-17(20)21(25)23-19(12-22)16-8-4-3-5-9-16/h6-7,10-11,16,19H,3-5,8-9,12-13,22H2,1-2H3,(H,23,25). The van der Waals surface area contributed by atoms with Gasteiger partial charge in [-0.05, 0) is 44.7 Å². The number of amides is 1. The lowest BCUT2D eigenvalue weighted by atomic mass is 9.84. The summed E-state index contributed by atoms with van der Waals surface area (Å²) >= 11 is 1.64. The maximum atomic E-state index is 13.0. The maximum absolute atomic E-state index is 13.0. The van der Waals surface area contributed by atoms with E-state index >= 15 is 0 Å². The van der Waals surface area contributed by atoms with E-state index in [0.29, 0.717) is 18.0 Å². The van der Waals surface area contributed by atoms with Crippen molar-refractivity contribution in [3.8, 4) is 0 Å². The molecular weight excluding hydrogens is 358 g/mol. The first-order valence-electron chi connectivity index (χ1n) is 9.74. The summed E-state index contributed by atoms with van der Waals surface area (Å²) in [5, 5.41) is 7.21. The van der Waals surface area contributed by atoms with Gasteiger partial charge in [-0.15, -0.1) is 11.8 Å². The van der Waals surface area contributed by atoms with E-state index in [0.717, 1.165) is 40.5 Å². The summed E-state index contributed by atoms with van der Waals surface area (Å²) in [6.07, 6.45) is 6.08. The molecule has 6 heteroatoms. The Labute approximate surface area is 165 Å². The Hall–Kier alpha value is -1.79. The summed E-state index contributed by atoms with van der Waals surface area (Å²) in [6, 6.07) is 7.81. The van der Waals surface area contributed by atoms with Crippen LogP contribution in [-0.2, 0) is 5.75 Å². The molecule has 0 radical (unpaired) electrons. The lowest BCUT2D eigenvalue weighted by molar-refractivity contribution is 0.0912. The second kappa shape index (κ2) is 9.42. The molecule has 1 fully saturated rings. The van der Waals surface area contributed by atoms with Crippen molar-refractivity contribution < 1.29 is 9.32 Å². The Morgan fingerprint density at radius 3 is 2.70 bits per heavy atom. The van der Waals surface area contributed by atoms with Gasteiger partial charge in [0.1, 0.15) is 5.76 Å². The number of rotatable bonds is 7. The number of benzene rings is 1. The number of thioether (sulfide) groups is 1. The Bertz CT molecular complexity index is 749. The highest BCUT2D eigenvalue weighted by Gasteiger charge is 2.25. The van der Waals surface area contributed by atoms with Gasteiger partial charge in [-0.2, -0.15) is 0 Å². The average Bonchev–Trinajstić information content (AvgIpc) is 3.02. The van der Waals surface area contributed by atoms with E-state index in [2.05, 4.69) is 10.5 Å². The number of nitrogens with two attached hydrogens (primary N) is 1. The van der Waals surface area contributed by atoms with Crippen molar-refractivity contribution >= 4 is 17.7 Å². The largest absolute Gasteiger partial charge is 0.361 e. The van der Waals surface area contributed by atoms with E-state index in [1.165, 1.54) is 19.3 Å². The van der Waals surface area contributed by atoms with Crippen LogP contribution in [0.25, 0.3) is 0 Å². The Kier molecular flexibility index (Phi) is 6.96. The molecule has 0 spiro atoms. The van der Waals surface area contributed by atoms with E-state index < -0.39 is 0 Å². The summed E-state index contributed by atoms with van der Waals surface area (Å²) < 4.78 is 5.24. The van der Waals surface area contributed by atoms with Crippen LogP contribution in [0.1, 0.15) is 59.5 Å². The maximum Gasteiger partial charge on any atom is 0.252 e. The van der Waals surface area contributed by atoms with Crippen molar-refractivity contribution in [3.05, 3.63) is 46.8 Å². The highest BCUT2D eigenvalue weighted by atomic mass is 32.2. The fourth-order valence-electron chi connectivity index (χ4n) is 3.79. The number of carbonyl (C=O) groups excluding carboxylic acids is 1. The van der Waals surface area contributed by atoms with Gasteiger partial charge >= 0.3 is 0 Å². The van der Waals surface area contributed by atoms with Crippen molar-refractivity contribution in [1.82, 2.24) is 10.5 Å². The van der Waals surface area contributed by atoms with Crippen molar-refractivity contribution in [1.29, 1.82) is 0 Å². The Morgan fingerprint density at radius 1 is 1.30 bits per heavy atom. The van der Waals surface area contributed by atoms with Gasteiger partial charge in [0.25, 0.3) is 5.91 Å². The zero-order chi connectivity index (χ0) is 19.2. The van der Waals surface area contributed by atoms with Gasteiger partial charge in [0.15, 0.2) is 0 Å². The van der Waals surface area contributed by atoms with Crippen molar-refractivity contribution in [2.45, 2.75) is 62.6 Å². The lowest BCUT2D eigenvalue weighted by Gasteiger charge is -2.30. The molecule has 3 N–H and O–H groups in total. The number of nitrogens with one attached hydrogen (secondary N) is 1. The Balaban J connectivity index is 1.69. The number of aryl methyl sites for hydroxylation is 2. The third kappa shape index (κ3) is 4.93. The first-order chi connectivity index (χ1) is 13.1. The summed E-state index contributed by atoms with van der Waals surface area (Å²) in [5.74, 6) is 2.03. The minimum Gasteiger partial charge on any atom is -0.361 e. The molecule has 27 heavy (non-hydrogen) atoms. The highest BCUT2D eigenvalue weighted by molar-refractivity contribution is 7.98. The SMILES string of the molecule is Cc1noc(C)c1CSc1ccccc1C(=O)NC(CN)C1CCCCC1. The third-order valence-electron chi connectivity index (χ3n) is 5.47. The molecule has 5 nitrogen and oxygen atoms in total. The molecule has 2 aromatic rings. The zero-order valence-corrected chi connectivity index (χ0v) is 17.0. The summed E-state index contributed by atoms with van der Waals surface area (Å²) in [4.78, 5) is 13.9. The normalized spacial score (nSPS) is 16.3.